The van der Waals surface area contributed by atoms with Gasteiger partial charge in [0.1, 0.15) is 15.5 Å². The molecule has 0 bridgehead atoms. The minimum Gasteiger partial charge on any atom is -0.493 e. The molecule has 2 N–H and O–H groups in total. The Labute approximate surface area is 307 Å². The van der Waals surface area contributed by atoms with Crippen molar-refractivity contribution in [3.05, 3.63) is 127 Å². The van der Waals surface area contributed by atoms with Crippen LogP contribution in [0.3, 0.4) is 0 Å². The van der Waals surface area contributed by atoms with Crippen LogP contribution in [-0.2, 0) is 10.0 Å². The highest BCUT2D eigenvalue weighted by Crippen LogP contribution is 2.36. The van der Waals surface area contributed by atoms with Crippen molar-refractivity contribution >= 4 is 79.2 Å². The Balaban J connectivity index is 1.34. The topological polar surface area (TPSA) is 131 Å². The van der Waals surface area contributed by atoms with Crippen LogP contribution in [0.2, 0.25) is 15.1 Å². The predicted molar refractivity (Wildman–Crippen MR) is 195 cm³/mol. The van der Waals surface area contributed by atoms with Gasteiger partial charge in [0.05, 0.1) is 35.0 Å². The molecule has 260 valence electrons. The van der Waals surface area contributed by atoms with E-state index in [0.717, 1.165) is 15.6 Å². The molecular formula is C35H29Cl3N2O8S2. The van der Waals surface area contributed by atoms with Crippen molar-refractivity contribution in [2.24, 2.45) is 0 Å². The first-order valence-corrected chi connectivity index (χ1v) is 18.2. The molecule has 50 heavy (non-hydrogen) atoms. The van der Waals surface area contributed by atoms with Crippen LogP contribution >= 0.6 is 46.1 Å². The molecule has 15 heteroatoms. The number of nitrogens with zero attached hydrogens (tertiary/aromatic N) is 1. The van der Waals surface area contributed by atoms with Crippen LogP contribution in [-0.4, -0.2) is 46.0 Å². The lowest BCUT2D eigenvalue weighted by molar-refractivity contribution is -0.0193. The number of aliphatic hydroxyl groups is 1. The van der Waals surface area contributed by atoms with Crippen molar-refractivity contribution in [2.45, 2.75) is 18.1 Å². The van der Waals surface area contributed by atoms with Gasteiger partial charge in [-0.05, 0) is 60.8 Å². The molecule has 0 radical (unpaired) electrons. The van der Waals surface area contributed by atoms with Crippen molar-refractivity contribution < 1.29 is 37.3 Å². The summed E-state index contributed by atoms with van der Waals surface area (Å²) in [4.78, 5) is 26.1. The van der Waals surface area contributed by atoms with E-state index in [4.69, 9.17) is 49.0 Å². The third-order valence-electron chi connectivity index (χ3n) is 7.27. The number of benzene rings is 4. The quantitative estimate of drug-likeness (QED) is 0.0900. The van der Waals surface area contributed by atoms with Gasteiger partial charge in [-0.2, -0.15) is 0 Å². The second-order valence-electron chi connectivity index (χ2n) is 10.5. The largest absolute Gasteiger partial charge is 0.493 e. The number of hydrogen-bond donors (Lipinski definition) is 2. The van der Waals surface area contributed by atoms with E-state index < -0.39 is 22.2 Å². The number of nitrogens with one attached hydrogen (secondary N) is 1. The zero-order valence-corrected chi connectivity index (χ0v) is 30.5. The number of halogens is 3. The fourth-order valence-electron chi connectivity index (χ4n) is 4.86. The van der Waals surface area contributed by atoms with E-state index in [1.54, 1.807) is 42.5 Å². The van der Waals surface area contributed by atoms with Crippen molar-refractivity contribution in [1.29, 1.82) is 0 Å². The molecule has 1 amide bonds. The number of ether oxygens (including phenoxy) is 3. The van der Waals surface area contributed by atoms with Gasteiger partial charge >= 0.3 is 0 Å². The van der Waals surface area contributed by atoms with Crippen LogP contribution in [0.1, 0.15) is 44.4 Å². The Morgan fingerprint density at radius 1 is 0.940 bits per heavy atom. The second-order valence-corrected chi connectivity index (χ2v) is 14.6. The first kappa shape index (κ1) is 37.0. The summed E-state index contributed by atoms with van der Waals surface area (Å²) in [7, 11) is -1.39. The van der Waals surface area contributed by atoms with E-state index in [9.17, 15) is 23.1 Å². The number of amides is 1. The van der Waals surface area contributed by atoms with Gasteiger partial charge < -0.3 is 24.6 Å². The zero-order chi connectivity index (χ0) is 36.2. The number of rotatable bonds is 13. The molecule has 5 aromatic rings. The van der Waals surface area contributed by atoms with E-state index in [-0.39, 0.29) is 58.9 Å². The molecule has 4 aromatic carbocycles. The summed E-state index contributed by atoms with van der Waals surface area (Å²) in [6.07, 6.45) is -1.61. The summed E-state index contributed by atoms with van der Waals surface area (Å²) in [5.74, 6) is -0.244. The number of thiophene rings is 1. The predicted octanol–water partition coefficient (Wildman–Crippen LogP) is 8.49. The summed E-state index contributed by atoms with van der Waals surface area (Å²) in [5, 5.41) is 15.3. The number of ketones is 1. The van der Waals surface area contributed by atoms with Crippen LogP contribution < -0.4 is 23.8 Å². The van der Waals surface area contributed by atoms with Gasteiger partial charge in [-0.15, -0.1) is 11.3 Å². The summed E-state index contributed by atoms with van der Waals surface area (Å²) in [6.45, 7) is 2.21. The van der Waals surface area contributed by atoms with Crippen LogP contribution in [0, 0.1) is 0 Å². The smallest absolute Gasteiger partial charge is 0.267 e. The van der Waals surface area contributed by atoms with E-state index in [2.05, 4.69) is 5.32 Å². The van der Waals surface area contributed by atoms with Crippen LogP contribution in [0.4, 0.5) is 11.4 Å². The lowest BCUT2D eigenvalue weighted by Gasteiger charge is -2.21. The molecule has 1 unspecified atom stereocenters. The Kier molecular flexibility index (Phi) is 11.6. The van der Waals surface area contributed by atoms with E-state index in [1.165, 1.54) is 62.0 Å². The van der Waals surface area contributed by atoms with Gasteiger partial charge in [0.25, 0.3) is 15.9 Å². The number of methoxy groups -OCH3 is 1. The number of hydrogen-bond acceptors (Lipinski definition) is 9. The molecule has 1 heterocycles. The Hall–Kier alpha value is -4.30. The molecule has 0 aliphatic carbocycles. The third kappa shape index (κ3) is 8.02. The van der Waals surface area contributed by atoms with E-state index in [1.807, 2.05) is 6.92 Å². The molecule has 0 saturated carbocycles. The minimum atomic E-state index is -4.20. The lowest BCUT2D eigenvalue weighted by atomic mass is 10.0. The number of aliphatic hydroxyl groups excluding tert-OH is 1. The van der Waals surface area contributed by atoms with Crippen LogP contribution in [0.25, 0.3) is 0 Å². The maximum absolute atomic E-state index is 13.7. The summed E-state index contributed by atoms with van der Waals surface area (Å²) < 4.78 is 45.0. The van der Waals surface area contributed by atoms with Crippen LogP contribution in [0.5, 0.6) is 17.2 Å². The zero-order valence-electron chi connectivity index (χ0n) is 26.6. The van der Waals surface area contributed by atoms with Crippen LogP contribution in [0.15, 0.2) is 95.2 Å². The number of sulfonamides is 1. The van der Waals surface area contributed by atoms with E-state index in [0.29, 0.717) is 23.7 Å². The average Bonchev–Trinajstić information content (AvgIpc) is 3.60. The van der Waals surface area contributed by atoms with Crippen molar-refractivity contribution in [3.63, 3.8) is 0 Å². The van der Waals surface area contributed by atoms with Gasteiger partial charge in [-0.1, -0.05) is 65.1 Å². The molecular weight excluding hydrogens is 747 g/mol. The molecule has 1 atom stereocenters. The SMILES string of the molecule is CCOc1ccc(N(C)S(=O)(=O)c2ccsc2C(=O)Nc2cc(Cl)cc(C(O)Oc3cc(Cl)c(C(=O)c4ccccc4)c(Cl)c3)c2)cc1OC. The maximum Gasteiger partial charge on any atom is 0.267 e. The van der Waals surface area contributed by atoms with Gasteiger partial charge in [0.2, 0.25) is 6.29 Å². The molecule has 5 rings (SSSR count). The van der Waals surface area contributed by atoms with E-state index >= 15 is 0 Å². The molecule has 10 nitrogen and oxygen atoms in total. The summed E-state index contributed by atoms with van der Waals surface area (Å²) >= 11 is 20.1. The number of carbonyl (C=O) groups is 2. The fourth-order valence-corrected chi connectivity index (χ4v) is 8.22. The van der Waals surface area contributed by atoms with Crippen molar-refractivity contribution in [3.8, 4) is 17.2 Å². The highest BCUT2D eigenvalue weighted by Gasteiger charge is 2.29. The summed E-state index contributed by atoms with van der Waals surface area (Å²) in [6, 6.07) is 21.5. The molecule has 0 aliphatic heterocycles. The molecule has 0 saturated heterocycles. The van der Waals surface area contributed by atoms with Gasteiger partial charge in [0, 0.05) is 35.0 Å². The standard InChI is InChI=1S/C35H29Cl3N2O8S2/c1-4-47-28-11-10-24(17-29(28)46-3)40(2)50(44,45)30-12-13-49-33(30)34(42)39-23-15-21(14-22(36)16-23)35(43)48-25-18-26(37)31(27(38)19-25)32(41)20-8-6-5-7-9-20/h5-19,35,43H,4H2,1-3H3,(H,39,42). The molecule has 0 fully saturated rings. The van der Waals surface area contributed by atoms with Crippen molar-refractivity contribution in [2.75, 3.05) is 30.4 Å². The first-order valence-electron chi connectivity index (χ1n) is 14.8. The molecule has 0 aliphatic rings. The third-order valence-corrected chi connectivity index (χ3v) is 11.0. The molecule has 0 spiro atoms. The maximum atomic E-state index is 13.7. The Bertz CT molecular complexity index is 2140. The second kappa shape index (κ2) is 15.7. The highest BCUT2D eigenvalue weighted by atomic mass is 35.5. The van der Waals surface area contributed by atoms with Crippen molar-refractivity contribution in [1.82, 2.24) is 0 Å². The average molecular weight is 776 g/mol. The lowest BCUT2D eigenvalue weighted by Crippen LogP contribution is -2.28. The Morgan fingerprint density at radius 3 is 2.30 bits per heavy atom. The fraction of sp³-hybridized carbons (Fsp3) is 0.143. The highest BCUT2D eigenvalue weighted by molar-refractivity contribution is 7.93. The molecule has 1 aromatic heterocycles. The van der Waals surface area contributed by atoms with Gasteiger partial charge in [0.15, 0.2) is 17.3 Å². The Morgan fingerprint density at radius 2 is 1.64 bits per heavy atom. The number of carbonyl (C=O) groups excluding carboxylic acids is 2. The monoisotopic (exact) mass is 774 g/mol. The van der Waals surface area contributed by atoms with Gasteiger partial charge in [-0.3, -0.25) is 13.9 Å². The normalized spacial score (nSPS) is 11.8. The number of anilines is 2. The minimum absolute atomic E-state index is 0.0154. The first-order chi connectivity index (χ1) is 23.8. The summed E-state index contributed by atoms with van der Waals surface area (Å²) in [5.41, 5.74) is 1.06. The van der Waals surface area contributed by atoms with Gasteiger partial charge in [-0.25, -0.2) is 8.42 Å².